The first-order valence-electron chi connectivity index (χ1n) is 13.1. The van der Waals surface area contributed by atoms with Gasteiger partial charge in [0.2, 0.25) is 5.91 Å². The number of benzene rings is 1. The van der Waals surface area contributed by atoms with E-state index >= 15 is 0 Å². The third-order valence-corrected chi connectivity index (χ3v) is 7.54. The highest BCUT2D eigenvalue weighted by atomic mass is 19.3. The number of nitrogens with zero attached hydrogens (tertiary/aromatic N) is 5. The maximum Gasteiger partial charge on any atom is 0.267 e. The topological polar surface area (TPSA) is 72.0 Å². The highest BCUT2D eigenvalue weighted by molar-refractivity contribution is 6.07. The van der Waals surface area contributed by atoms with Crippen molar-refractivity contribution in [2.45, 2.75) is 38.2 Å². The molecule has 202 valence electrons. The molecule has 37 heavy (non-hydrogen) atoms. The molecule has 0 aliphatic carbocycles. The van der Waals surface area contributed by atoms with Crippen molar-refractivity contribution in [3.63, 3.8) is 0 Å². The minimum Gasteiger partial charge on any atom is -0.375 e. The number of likely N-dealkylation sites (tertiary alicyclic amines) is 1. The second kappa shape index (κ2) is 11.7. The predicted octanol–water partition coefficient (Wildman–Crippen LogP) is 2.68. The number of amides is 2. The number of carbonyl (C=O) groups is 2. The van der Waals surface area contributed by atoms with Crippen molar-refractivity contribution in [1.29, 1.82) is 0 Å². The van der Waals surface area contributed by atoms with Gasteiger partial charge in [-0.1, -0.05) is 6.92 Å². The largest absolute Gasteiger partial charge is 0.375 e. The molecule has 2 aromatic rings. The van der Waals surface area contributed by atoms with E-state index in [1.54, 1.807) is 19.2 Å². The van der Waals surface area contributed by atoms with Gasteiger partial charge in [-0.2, -0.15) is 0 Å². The Morgan fingerprint density at radius 3 is 2.68 bits per heavy atom. The zero-order valence-corrected chi connectivity index (χ0v) is 22.1. The summed E-state index contributed by atoms with van der Waals surface area (Å²) >= 11 is 0. The Balaban J connectivity index is 1.37. The van der Waals surface area contributed by atoms with Crippen molar-refractivity contribution >= 4 is 28.4 Å². The van der Waals surface area contributed by atoms with Crippen LogP contribution in [-0.4, -0.2) is 110 Å². The molecule has 1 atom stereocenters. The van der Waals surface area contributed by atoms with E-state index in [1.165, 1.54) is 4.90 Å². The number of carbonyl (C=O) groups excluding carboxylic acids is 2. The van der Waals surface area contributed by atoms with Gasteiger partial charge in [-0.3, -0.25) is 14.6 Å². The lowest BCUT2D eigenvalue weighted by Gasteiger charge is -2.32. The summed E-state index contributed by atoms with van der Waals surface area (Å²) in [6.45, 7) is 7.22. The molecule has 10 heteroatoms. The number of hydrogen-bond acceptors (Lipinski definition) is 6. The quantitative estimate of drug-likeness (QED) is 0.553. The van der Waals surface area contributed by atoms with Crippen LogP contribution in [0.4, 0.5) is 14.5 Å². The number of anilines is 1. The molecule has 1 N–H and O–H groups in total. The number of rotatable bonds is 9. The standard InChI is InChI=1S/C27H38F2N6O2/c1-4-20-17-27(28,29)19-35(20)25(36)18-31-26(37)22-8-9-30-24-7-6-21(16-23(22)24)33(3)10-5-11-34-14-12-32(2)13-15-34/h6-9,16,20H,4-5,10-15,17-19H2,1-3H3,(H,31,37). The zero-order chi connectivity index (χ0) is 26.6. The molecule has 0 bridgehead atoms. The second-order valence-electron chi connectivity index (χ2n) is 10.3. The van der Waals surface area contributed by atoms with Crippen LogP contribution >= 0.6 is 0 Å². The van der Waals surface area contributed by atoms with Gasteiger partial charge in [-0.05, 0) is 50.7 Å². The molecule has 3 heterocycles. The van der Waals surface area contributed by atoms with Crippen LogP contribution in [0.1, 0.15) is 36.5 Å². The second-order valence-corrected chi connectivity index (χ2v) is 10.3. The van der Waals surface area contributed by atoms with E-state index in [-0.39, 0.29) is 13.0 Å². The predicted molar refractivity (Wildman–Crippen MR) is 141 cm³/mol. The summed E-state index contributed by atoms with van der Waals surface area (Å²) in [4.78, 5) is 38.2. The number of piperazine rings is 1. The first-order chi connectivity index (χ1) is 17.7. The Hall–Kier alpha value is -2.85. The highest BCUT2D eigenvalue weighted by Gasteiger charge is 2.45. The Morgan fingerprint density at radius 2 is 1.95 bits per heavy atom. The molecular weight excluding hydrogens is 478 g/mol. The molecule has 2 aliphatic rings. The molecule has 2 fully saturated rings. The van der Waals surface area contributed by atoms with Gasteiger partial charge in [0.05, 0.1) is 24.2 Å². The van der Waals surface area contributed by atoms with E-state index in [1.807, 2.05) is 25.2 Å². The van der Waals surface area contributed by atoms with Gasteiger partial charge in [-0.25, -0.2) is 8.78 Å². The number of fused-ring (bicyclic) bond motifs is 1. The van der Waals surface area contributed by atoms with Crippen LogP contribution in [0.2, 0.25) is 0 Å². The summed E-state index contributed by atoms with van der Waals surface area (Å²) in [5.74, 6) is -3.79. The van der Waals surface area contributed by atoms with Crippen molar-refractivity contribution < 1.29 is 18.4 Å². The van der Waals surface area contributed by atoms with Gasteiger partial charge < -0.3 is 24.9 Å². The zero-order valence-electron chi connectivity index (χ0n) is 22.1. The third-order valence-electron chi connectivity index (χ3n) is 7.54. The fraction of sp³-hybridized carbons (Fsp3) is 0.593. The maximum absolute atomic E-state index is 13.8. The van der Waals surface area contributed by atoms with Crippen LogP contribution < -0.4 is 10.2 Å². The smallest absolute Gasteiger partial charge is 0.267 e. The van der Waals surface area contributed by atoms with E-state index in [0.29, 0.717) is 22.9 Å². The Kier molecular flexibility index (Phi) is 8.59. The summed E-state index contributed by atoms with van der Waals surface area (Å²) in [6, 6.07) is 6.95. The molecule has 4 rings (SSSR count). The normalized spacial score (nSPS) is 20.4. The van der Waals surface area contributed by atoms with Gasteiger partial charge in [0.25, 0.3) is 11.8 Å². The lowest BCUT2D eigenvalue weighted by Crippen LogP contribution is -2.45. The first kappa shape index (κ1) is 27.2. The van der Waals surface area contributed by atoms with Crippen LogP contribution in [0.15, 0.2) is 30.5 Å². The molecular formula is C27H38F2N6O2. The number of aromatic nitrogens is 1. The van der Waals surface area contributed by atoms with E-state index in [4.69, 9.17) is 0 Å². The van der Waals surface area contributed by atoms with E-state index < -0.39 is 30.3 Å². The lowest BCUT2D eigenvalue weighted by atomic mass is 10.1. The minimum absolute atomic E-state index is 0.318. The number of nitrogens with one attached hydrogen (secondary N) is 1. The van der Waals surface area contributed by atoms with Crippen LogP contribution in [0.5, 0.6) is 0 Å². The Bertz CT molecular complexity index is 1110. The average molecular weight is 517 g/mol. The summed E-state index contributed by atoms with van der Waals surface area (Å²) < 4.78 is 27.6. The Morgan fingerprint density at radius 1 is 1.19 bits per heavy atom. The van der Waals surface area contributed by atoms with E-state index in [0.717, 1.165) is 51.4 Å². The van der Waals surface area contributed by atoms with Gasteiger partial charge in [0.15, 0.2) is 0 Å². The van der Waals surface area contributed by atoms with Crippen molar-refractivity contribution in [3.8, 4) is 0 Å². The molecule has 2 amide bonds. The van der Waals surface area contributed by atoms with Crippen molar-refractivity contribution in [2.75, 3.05) is 71.4 Å². The van der Waals surface area contributed by atoms with Gasteiger partial charge in [0, 0.05) is 69.5 Å². The molecule has 1 aromatic heterocycles. The average Bonchev–Trinajstić information content (AvgIpc) is 3.22. The van der Waals surface area contributed by atoms with Crippen LogP contribution in [0.25, 0.3) is 10.9 Å². The van der Waals surface area contributed by atoms with Crippen LogP contribution in [-0.2, 0) is 4.79 Å². The summed E-state index contributed by atoms with van der Waals surface area (Å²) in [5.41, 5.74) is 2.07. The highest BCUT2D eigenvalue weighted by Crippen LogP contribution is 2.33. The molecule has 2 saturated heterocycles. The molecule has 1 aromatic carbocycles. The molecule has 0 saturated carbocycles. The summed E-state index contributed by atoms with van der Waals surface area (Å²) in [5, 5.41) is 3.33. The van der Waals surface area contributed by atoms with Gasteiger partial charge in [0.1, 0.15) is 0 Å². The van der Waals surface area contributed by atoms with Crippen molar-refractivity contribution in [1.82, 2.24) is 25.0 Å². The third kappa shape index (κ3) is 6.73. The molecule has 0 radical (unpaired) electrons. The number of hydrogen-bond donors (Lipinski definition) is 1. The van der Waals surface area contributed by atoms with Gasteiger partial charge in [-0.15, -0.1) is 0 Å². The number of likely N-dealkylation sites (N-methyl/N-ethyl adjacent to an activating group) is 1. The maximum atomic E-state index is 13.8. The monoisotopic (exact) mass is 516 g/mol. The Labute approximate surface area is 217 Å². The molecule has 1 unspecified atom stereocenters. The number of pyridine rings is 1. The van der Waals surface area contributed by atoms with Crippen molar-refractivity contribution in [2.24, 2.45) is 0 Å². The van der Waals surface area contributed by atoms with Crippen LogP contribution in [0, 0.1) is 0 Å². The summed E-state index contributed by atoms with van der Waals surface area (Å²) in [6.07, 6.45) is 2.72. The minimum atomic E-state index is -2.88. The number of alkyl halides is 2. The lowest BCUT2D eigenvalue weighted by molar-refractivity contribution is -0.132. The molecule has 8 nitrogen and oxygen atoms in total. The SMILES string of the molecule is CCC1CC(F)(F)CN1C(=O)CNC(=O)c1ccnc2ccc(N(C)CCCN3CCN(C)CC3)cc12. The molecule has 2 aliphatic heterocycles. The fourth-order valence-corrected chi connectivity index (χ4v) is 5.21. The van der Waals surface area contributed by atoms with E-state index in [9.17, 15) is 18.4 Å². The van der Waals surface area contributed by atoms with Crippen LogP contribution in [0.3, 0.4) is 0 Å². The van der Waals surface area contributed by atoms with Crippen molar-refractivity contribution in [3.05, 3.63) is 36.0 Å². The molecule has 0 spiro atoms. The number of halogens is 2. The summed E-state index contributed by atoms with van der Waals surface area (Å²) in [7, 11) is 4.19. The van der Waals surface area contributed by atoms with E-state index in [2.05, 4.69) is 32.0 Å². The fourth-order valence-electron chi connectivity index (χ4n) is 5.21. The van der Waals surface area contributed by atoms with Gasteiger partial charge >= 0.3 is 0 Å². The first-order valence-corrected chi connectivity index (χ1v) is 13.1.